The molecule has 20 heavy (non-hydrogen) atoms. The molecule has 2 aromatic rings. The summed E-state index contributed by atoms with van der Waals surface area (Å²) in [6.07, 6.45) is 1.11. The SMILES string of the molecule is O=C(O)c1ccc(NC2CC2c2ccccc2)c(Br)c1. The number of anilines is 1. The standard InChI is InChI=1S/C16H14BrNO2/c17-13-8-11(16(19)20)6-7-14(13)18-15-9-12(15)10-4-2-1-3-5-10/h1-8,12,15,18H,9H2,(H,19,20). The van der Waals surface area contributed by atoms with Crippen molar-refractivity contribution >= 4 is 27.6 Å². The van der Waals surface area contributed by atoms with Gasteiger partial charge in [-0.3, -0.25) is 0 Å². The topological polar surface area (TPSA) is 49.3 Å². The zero-order valence-electron chi connectivity index (χ0n) is 10.7. The first kappa shape index (κ1) is 13.2. The monoisotopic (exact) mass is 331 g/mol. The molecule has 0 heterocycles. The van der Waals surface area contributed by atoms with Crippen LogP contribution in [0.5, 0.6) is 0 Å². The van der Waals surface area contributed by atoms with Gasteiger partial charge in [0.25, 0.3) is 0 Å². The second kappa shape index (κ2) is 5.29. The Balaban J connectivity index is 1.70. The Labute approximate surface area is 125 Å². The molecule has 102 valence electrons. The van der Waals surface area contributed by atoms with Crippen molar-refractivity contribution in [3.05, 3.63) is 64.1 Å². The van der Waals surface area contributed by atoms with Crippen LogP contribution in [-0.2, 0) is 0 Å². The summed E-state index contributed by atoms with van der Waals surface area (Å²) in [6, 6.07) is 15.9. The molecule has 1 aliphatic carbocycles. The number of carboxylic acid groups (broad SMARTS) is 1. The van der Waals surface area contributed by atoms with Crippen LogP contribution < -0.4 is 5.32 Å². The molecule has 2 unspecified atom stereocenters. The Morgan fingerprint density at radius 1 is 1.20 bits per heavy atom. The summed E-state index contributed by atoms with van der Waals surface area (Å²) < 4.78 is 0.788. The lowest BCUT2D eigenvalue weighted by Crippen LogP contribution is -2.05. The number of aromatic carboxylic acids is 1. The van der Waals surface area contributed by atoms with Gasteiger partial charge in [-0.05, 0) is 46.1 Å². The molecule has 1 aliphatic rings. The highest BCUT2D eigenvalue weighted by Gasteiger charge is 2.38. The van der Waals surface area contributed by atoms with Crippen LogP contribution >= 0.6 is 15.9 Å². The predicted molar refractivity (Wildman–Crippen MR) is 82.3 cm³/mol. The van der Waals surface area contributed by atoms with E-state index in [1.54, 1.807) is 12.1 Å². The summed E-state index contributed by atoms with van der Waals surface area (Å²) in [4.78, 5) is 10.9. The highest BCUT2D eigenvalue weighted by atomic mass is 79.9. The van der Waals surface area contributed by atoms with Crippen molar-refractivity contribution in [2.75, 3.05) is 5.32 Å². The maximum absolute atomic E-state index is 10.9. The van der Waals surface area contributed by atoms with Crippen LogP contribution in [-0.4, -0.2) is 17.1 Å². The first-order valence-corrected chi connectivity index (χ1v) is 7.29. The first-order valence-electron chi connectivity index (χ1n) is 6.49. The van der Waals surface area contributed by atoms with E-state index in [0.29, 0.717) is 12.0 Å². The van der Waals surface area contributed by atoms with Crippen LogP contribution in [0.25, 0.3) is 0 Å². The van der Waals surface area contributed by atoms with Crippen molar-refractivity contribution in [2.45, 2.75) is 18.4 Å². The van der Waals surface area contributed by atoms with Crippen LogP contribution in [0.4, 0.5) is 5.69 Å². The van der Waals surface area contributed by atoms with Crippen molar-refractivity contribution in [3.63, 3.8) is 0 Å². The molecule has 0 aromatic heterocycles. The normalized spacial score (nSPS) is 20.4. The Hall–Kier alpha value is -1.81. The maximum Gasteiger partial charge on any atom is 0.335 e. The van der Waals surface area contributed by atoms with Gasteiger partial charge in [-0.25, -0.2) is 4.79 Å². The zero-order valence-corrected chi connectivity index (χ0v) is 12.3. The Morgan fingerprint density at radius 3 is 2.60 bits per heavy atom. The molecule has 1 fully saturated rings. The summed E-state index contributed by atoms with van der Waals surface area (Å²) >= 11 is 3.42. The van der Waals surface area contributed by atoms with Crippen molar-refractivity contribution in [1.82, 2.24) is 0 Å². The molecule has 0 aliphatic heterocycles. The minimum Gasteiger partial charge on any atom is -0.478 e. The van der Waals surface area contributed by atoms with Crippen LogP contribution in [0.1, 0.15) is 28.3 Å². The lowest BCUT2D eigenvalue weighted by Gasteiger charge is -2.09. The minimum atomic E-state index is -0.911. The number of carboxylic acids is 1. The minimum absolute atomic E-state index is 0.290. The third-order valence-corrected chi connectivity index (χ3v) is 4.23. The number of rotatable bonds is 4. The van der Waals surface area contributed by atoms with Crippen molar-refractivity contribution in [1.29, 1.82) is 0 Å². The number of nitrogens with one attached hydrogen (secondary N) is 1. The second-order valence-electron chi connectivity index (χ2n) is 5.00. The van der Waals surface area contributed by atoms with E-state index < -0.39 is 5.97 Å². The molecule has 0 spiro atoms. The maximum atomic E-state index is 10.9. The predicted octanol–water partition coefficient (Wildman–Crippen LogP) is 4.12. The average molecular weight is 332 g/mol. The van der Waals surface area contributed by atoms with Gasteiger partial charge in [-0.15, -0.1) is 0 Å². The van der Waals surface area contributed by atoms with E-state index in [4.69, 9.17) is 5.11 Å². The Bertz CT molecular complexity index is 642. The highest BCUT2D eigenvalue weighted by Crippen LogP contribution is 2.43. The van der Waals surface area contributed by atoms with E-state index in [-0.39, 0.29) is 5.56 Å². The molecule has 0 radical (unpaired) electrons. The fourth-order valence-electron chi connectivity index (χ4n) is 2.39. The number of halogens is 1. The fourth-order valence-corrected chi connectivity index (χ4v) is 2.88. The van der Waals surface area contributed by atoms with Gasteiger partial charge in [0.2, 0.25) is 0 Å². The van der Waals surface area contributed by atoms with Crippen LogP contribution in [0, 0.1) is 0 Å². The molecule has 0 saturated heterocycles. The summed E-state index contributed by atoms with van der Waals surface area (Å²) in [6.45, 7) is 0. The number of carbonyl (C=O) groups is 1. The van der Waals surface area contributed by atoms with Gasteiger partial charge in [-0.2, -0.15) is 0 Å². The van der Waals surface area contributed by atoms with Crippen LogP contribution in [0.3, 0.4) is 0 Å². The van der Waals surface area contributed by atoms with Gasteiger partial charge in [-0.1, -0.05) is 30.3 Å². The van der Waals surface area contributed by atoms with Gasteiger partial charge in [0.15, 0.2) is 0 Å². The van der Waals surface area contributed by atoms with Gasteiger partial charge in [0.05, 0.1) is 5.56 Å². The largest absolute Gasteiger partial charge is 0.478 e. The number of benzene rings is 2. The van der Waals surface area contributed by atoms with Gasteiger partial charge < -0.3 is 10.4 Å². The Kier molecular flexibility index (Phi) is 3.49. The molecule has 2 N–H and O–H groups in total. The molecule has 3 nitrogen and oxygen atoms in total. The molecule has 4 heteroatoms. The van der Waals surface area contributed by atoms with E-state index >= 15 is 0 Å². The molecule has 2 atom stereocenters. The Morgan fingerprint density at radius 2 is 1.95 bits per heavy atom. The van der Waals surface area contributed by atoms with E-state index in [0.717, 1.165) is 16.6 Å². The molecule has 2 aromatic carbocycles. The quantitative estimate of drug-likeness (QED) is 0.886. The molecule has 0 bridgehead atoms. The molecule has 1 saturated carbocycles. The second-order valence-corrected chi connectivity index (χ2v) is 5.86. The fraction of sp³-hybridized carbons (Fsp3) is 0.188. The summed E-state index contributed by atoms with van der Waals surface area (Å²) in [5, 5.41) is 12.4. The molecule has 0 amide bonds. The summed E-state index contributed by atoms with van der Waals surface area (Å²) in [5.74, 6) is -0.368. The number of hydrogen-bond acceptors (Lipinski definition) is 2. The highest BCUT2D eigenvalue weighted by molar-refractivity contribution is 9.10. The summed E-state index contributed by atoms with van der Waals surface area (Å²) in [7, 11) is 0. The van der Waals surface area contributed by atoms with Crippen molar-refractivity contribution < 1.29 is 9.90 Å². The average Bonchev–Trinajstić information content (AvgIpc) is 3.21. The van der Waals surface area contributed by atoms with Crippen molar-refractivity contribution in [2.24, 2.45) is 0 Å². The zero-order chi connectivity index (χ0) is 14.1. The molecular weight excluding hydrogens is 318 g/mol. The first-order chi connectivity index (χ1) is 9.65. The van der Waals surface area contributed by atoms with E-state index in [2.05, 4.69) is 45.5 Å². The summed E-state index contributed by atoms with van der Waals surface area (Å²) in [5.41, 5.74) is 2.58. The van der Waals surface area contributed by atoms with E-state index in [1.165, 1.54) is 5.56 Å². The lowest BCUT2D eigenvalue weighted by atomic mass is 10.1. The molecule has 3 rings (SSSR count). The lowest BCUT2D eigenvalue weighted by molar-refractivity contribution is 0.0697. The van der Waals surface area contributed by atoms with Gasteiger partial charge in [0, 0.05) is 22.1 Å². The third kappa shape index (κ3) is 2.70. The van der Waals surface area contributed by atoms with Gasteiger partial charge >= 0.3 is 5.97 Å². The van der Waals surface area contributed by atoms with Crippen LogP contribution in [0.2, 0.25) is 0 Å². The molecular formula is C16H14BrNO2. The smallest absolute Gasteiger partial charge is 0.335 e. The van der Waals surface area contributed by atoms with Crippen LogP contribution in [0.15, 0.2) is 53.0 Å². The van der Waals surface area contributed by atoms with E-state index in [9.17, 15) is 4.79 Å². The van der Waals surface area contributed by atoms with Crippen molar-refractivity contribution in [3.8, 4) is 0 Å². The third-order valence-electron chi connectivity index (χ3n) is 3.58. The van der Waals surface area contributed by atoms with E-state index in [1.807, 2.05) is 12.1 Å². The number of hydrogen-bond donors (Lipinski definition) is 2. The van der Waals surface area contributed by atoms with Gasteiger partial charge in [0.1, 0.15) is 0 Å².